The van der Waals surface area contributed by atoms with Crippen LogP contribution in [0.5, 0.6) is 0 Å². The predicted octanol–water partition coefficient (Wildman–Crippen LogP) is 1.61. The summed E-state index contributed by atoms with van der Waals surface area (Å²) in [6.45, 7) is 6.18. The maximum absolute atomic E-state index is 5.54. The van der Waals surface area contributed by atoms with Crippen molar-refractivity contribution < 1.29 is 4.74 Å². The molecule has 1 aliphatic rings. The van der Waals surface area contributed by atoms with Crippen molar-refractivity contribution in [3.8, 4) is 0 Å². The van der Waals surface area contributed by atoms with Gasteiger partial charge < -0.3 is 10.2 Å². The van der Waals surface area contributed by atoms with Gasteiger partial charge >= 0.3 is 0 Å². The van der Waals surface area contributed by atoms with E-state index in [0.29, 0.717) is 0 Å². The SMILES string of the molecule is COC1(CC(=NC(C)(C)C)NN)CCC1. The fraction of sp³-hybridized carbons (Fsp3) is 0.909. The standard InChI is InChI=1S/C11H23N3O/c1-10(2,3)13-9(14-12)8-11(15-4)6-5-7-11/h5-8,12H2,1-4H3,(H,13,14). The summed E-state index contributed by atoms with van der Waals surface area (Å²) in [5.74, 6) is 6.32. The van der Waals surface area contributed by atoms with Gasteiger partial charge in [-0.25, -0.2) is 5.84 Å². The molecule has 0 aliphatic heterocycles. The zero-order valence-electron chi connectivity index (χ0n) is 10.3. The first kappa shape index (κ1) is 12.5. The van der Waals surface area contributed by atoms with Crippen molar-refractivity contribution >= 4 is 5.84 Å². The lowest BCUT2D eigenvalue weighted by Gasteiger charge is -2.40. The summed E-state index contributed by atoms with van der Waals surface area (Å²) in [5, 5.41) is 0. The van der Waals surface area contributed by atoms with Crippen molar-refractivity contribution in [1.29, 1.82) is 0 Å². The molecule has 1 saturated carbocycles. The van der Waals surface area contributed by atoms with E-state index >= 15 is 0 Å². The highest BCUT2D eigenvalue weighted by Crippen LogP contribution is 2.38. The topological polar surface area (TPSA) is 59.6 Å². The fourth-order valence-electron chi connectivity index (χ4n) is 1.86. The largest absolute Gasteiger partial charge is 0.378 e. The number of methoxy groups -OCH3 is 1. The molecule has 0 aromatic rings. The first-order valence-electron chi connectivity index (χ1n) is 5.51. The molecule has 1 rings (SSSR count). The van der Waals surface area contributed by atoms with Crippen LogP contribution in [0.4, 0.5) is 0 Å². The molecule has 0 radical (unpaired) electrons. The zero-order valence-corrected chi connectivity index (χ0v) is 10.3. The molecular formula is C11H23N3O. The van der Waals surface area contributed by atoms with Crippen molar-refractivity contribution in [2.75, 3.05) is 7.11 Å². The highest BCUT2D eigenvalue weighted by molar-refractivity contribution is 5.83. The van der Waals surface area contributed by atoms with Gasteiger partial charge in [0.1, 0.15) is 5.84 Å². The van der Waals surface area contributed by atoms with Crippen LogP contribution in [0, 0.1) is 0 Å². The van der Waals surface area contributed by atoms with E-state index in [1.54, 1.807) is 7.11 Å². The summed E-state index contributed by atoms with van der Waals surface area (Å²) < 4.78 is 5.54. The normalized spacial score (nSPS) is 21.0. The van der Waals surface area contributed by atoms with E-state index in [1.165, 1.54) is 6.42 Å². The summed E-state index contributed by atoms with van der Waals surface area (Å²) in [7, 11) is 1.77. The molecular weight excluding hydrogens is 190 g/mol. The van der Waals surface area contributed by atoms with Crippen LogP contribution in [0.15, 0.2) is 4.99 Å². The van der Waals surface area contributed by atoms with Gasteiger partial charge in [-0.05, 0) is 40.0 Å². The summed E-state index contributed by atoms with van der Waals surface area (Å²) in [6, 6.07) is 0. The van der Waals surface area contributed by atoms with E-state index in [0.717, 1.165) is 25.1 Å². The summed E-state index contributed by atoms with van der Waals surface area (Å²) in [4.78, 5) is 4.54. The van der Waals surface area contributed by atoms with Crippen molar-refractivity contribution in [2.45, 2.75) is 57.6 Å². The minimum absolute atomic E-state index is 0.0174. The molecule has 15 heavy (non-hydrogen) atoms. The average Bonchev–Trinajstić information content (AvgIpc) is 2.07. The molecule has 0 aromatic heterocycles. The highest BCUT2D eigenvalue weighted by Gasteiger charge is 2.38. The number of hydrogen-bond acceptors (Lipinski definition) is 3. The highest BCUT2D eigenvalue weighted by atomic mass is 16.5. The van der Waals surface area contributed by atoms with Crippen LogP contribution in [0.1, 0.15) is 46.5 Å². The molecule has 0 atom stereocenters. The Morgan fingerprint density at radius 1 is 1.47 bits per heavy atom. The second-order valence-electron chi connectivity index (χ2n) is 5.29. The Labute approximate surface area is 92.3 Å². The van der Waals surface area contributed by atoms with Gasteiger partial charge in [0.15, 0.2) is 0 Å². The minimum Gasteiger partial charge on any atom is -0.378 e. The maximum Gasteiger partial charge on any atom is 0.114 e. The van der Waals surface area contributed by atoms with Crippen molar-refractivity contribution in [3.63, 3.8) is 0 Å². The molecule has 0 bridgehead atoms. The molecule has 0 unspecified atom stereocenters. The predicted molar refractivity (Wildman–Crippen MR) is 62.7 cm³/mol. The van der Waals surface area contributed by atoms with Gasteiger partial charge in [0.05, 0.1) is 11.1 Å². The number of aliphatic imine (C=N–C) groups is 1. The first-order chi connectivity index (χ1) is 6.91. The van der Waals surface area contributed by atoms with Crippen LogP contribution >= 0.6 is 0 Å². The van der Waals surface area contributed by atoms with Gasteiger partial charge in [0.25, 0.3) is 0 Å². The molecule has 1 aliphatic carbocycles. The van der Waals surface area contributed by atoms with Crippen LogP contribution in [0.2, 0.25) is 0 Å². The van der Waals surface area contributed by atoms with E-state index in [1.807, 2.05) is 0 Å². The Morgan fingerprint density at radius 2 is 2.07 bits per heavy atom. The Balaban J connectivity index is 2.64. The van der Waals surface area contributed by atoms with E-state index in [9.17, 15) is 0 Å². The van der Waals surface area contributed by atoms with Gasteiger partial charge in [-0.3, -0.25) is 4.99 Å². The van der Waals surface area contributed by atoms with E-state index < -0.39 is 0 Å². The molecule has 0 spiro atoms. The number of amidine groups is 1. The number of hydrazine groups is 1. The van der Waals surface area contributed by atoms with Crippen LogP contribution in [0.25, 0.3) is 0 Å². The quantitative estimate of drug-likeness (QED) is 0.324. The summed E-state index contributed by atoms with van der Waals surface area (Å²) in [6.07, 6.45) is 4.24. The average molecular weight is 213 g/mol. The third-order valence-corrected chi connectivity index (χ3v) is 2.82. The Bertz CT molecular complexity index is 233. The molecule has 88 valence electrons. The van der Waals surface area contributed by atoms with Crippen LogP contribution in [-0.4, -0.2) is 24.1 Å². The van der Waals surface area contributed by atoms with Crippen LogP contribution in [-0.2, 0) is 4.74 Å². The number of ether oxygens (including phenoxy) is 1. The second-order valence-corrected chi connectivity index (χ2v) is 5.29. The van der Waals surface area contributed by atoms with Gasteiger partial charge in [-0.15, -0.1) is 0 Å². The molecule has 4 nitrogen and oxygen atoms in total. The van der Waals surface area contributed by atoms with E-state index in [2.05, 4.69) is 31.2 Å². The second kappa shape index (κ2) is 4.49. The third-order valence-electron chi connectivity index (χ3n) is 2.82. The third kappa shape index (κ3) is 3.47. The Hall–Kier alpha value is -0.610. The molecule has 0 amide bonds. The first-order valence-corrected chi connectivity index (χ1v) is 5.51. The van der Waals surface area contributed by atoms with Crippen LogP contribution < -0.4 is 11.3 Å². The number of rotatable bonds is 3. The van der Waals surface area contributed by atoms with Gasteiger partial charge in [-0.2, -0.15) is 0 Å². The van der Waals surface area contributed by atoms with Gasteiger partial charge in [0.2, 0.25) is 0 Å². The molecule has 4 heteroatoms. The number of nitrogens with two attached hydrogens (primary N) is 1. The molecule has 0 heterocycles. The van der Waals surface area contributed by atoms with E-state index in [4.69, 9.17) is 10.6 Å². The fourth-order valence-corrected chi connectivity index (χ4v) is 1.86. The number of nitrogens with zero attached hydrogens (tertiary/aromatic N) is 1. The van der Waals surface area contributed by atoms with E-state index in [-0.39, 0.29) is 11.1 Å². The summed E-state index contributed by atoms with van der Waals surface area (Å²) >= 11 is 0. The Morgan fingerprint density at radius 3 is 2.33 bits per heavy atom. The molecule has 0 saturated heterocycles. The maximum atomic E-state index is 5.54. The van der Waals surface area contributed by atoms with Crippen molar-refractivity contribution in [2.24, 2.45) is 10.8 Å². The van der Waals surface area contributed by atoms with Crippen molar-refractivity contribution in [1.82, 2.24) is 5.43 Å². The lowest BCUT2D eigenvalue weighted by Crippen LogP contribution is -2.46. The Kier molecular flexibility index (Phi) is 3.73. The van der Waals surface area contributed by atoms with Gasteiger partial charge in [0, 0.05) is 13.5 Å². The smallest absolute Gasteiger partial charge is 0.114 e. The zero-order chi connectivity index (χ0) is 11.5. The number of hydrogen-bond donors (Lipinski definition) is 2. The minimum atomic E-state index is -0.0968. The van der Waals surface area contributed by atoms with Gasteiger partial charge in [-0.1, -0.05) is 0 Å². The lowest BCUT2D eigenvalue weighted by atomic mass is 9.77. The lowest BCUT2D eigenvalue weighted by molar-refractivity contribution is -0.0659. The van der Waals surface area contributed by atoms with Crippen LogP contribution in [0.3, 0.4) is 0 Å². The van der Waals surface area contributed by atoms with Crippen molar-refractivity contribution in [3.05, 3.63) is 0 Å². The molecule has 3 N–H and O–H groups in total. The monoisotopic (exact) mass is 213 g/mol. The number of nitrogens with one attached hydrogen (secondary N) is 1. The molecule has 1 fully saturated rings. The molecule has 0 aromatic carbocycles. The summed E-state index contributed by atoms with van der Waals surface area (Å²) in [5.41, 5.74) is 2.57.